The van der Waals surface area contributed by atoms with Crippen LogP contribution in [0.5, 0.6) is 0 Å². The maximum atomic E-state index is 11.6. The first-order valence-corrected chi connectivity index (χ1v) is 5.25. The van der Waals surface area contributed by atoms with Gasteiger partial charge in [-0.15, -0.1) is 0 Å². The number of ketones is 1. The quantitative estimate of drug-likeness (QED) is 0.754. The molecule has 98 valence electrons. The summed E-state index contributed by atoms with van der Waals surface area (Å²) in [6, 6.07) is -0.819. The summed E-state index contributed by atoms with van der Waals surface area (Å²) in [5, 5.41) is 8.48. The lowest BCUT2D eigenvalue weighted by atomic mass is 10.1. The van der Waals surface area contributed by atoms with E-state index in [0.29, 0.717) is 0 Å². The summed E-state index contributed by atoms with van der Waals surface area (Å²) in [6.07, 6.45) is -1.25. The number of carboxylic acids is 1. The second-order valence-corrected chi connectivity index (χ2v) is 4.80. The molecule has 6 nitrogen and oxygen atoms in total. The van der Waals surface area contributed by atoms with Crippen molar-refractivity contribution in [3.05, 3.63) is 0 Å². The minimum absolute atomic E-state index is 0.536. The molecular weight excluding hydrogens is 226 g/mol. The van der Waals surface area contributed by atoms with Crippen molar-refractivity contribution < 1.29 is 24.2 Å². The maximum absolute atomic E-state index is 11.6. The standard InChI is InChI=1S/C11H19NO5/c1-7(8(13)6-9(14)15)12(5)10(16)17-11(2,3)4/h7H,6H2,1-5H3,(H,14,15)/t7-/m0/s1. The third-order valence-corrected chi connectivity index (χ3v) is 2.05. The molecule has 6 heteroatoms. The van der Waals surface area contributed by atoms with E-state index in [9.17, 15) is 14.4 Å². The van der Waals surface area contributed by atoms with Gasteiger partial charge in [-0.2, -0.15) is 0 Å². The number of Topliss-reactive ketones (excluding diaryl/α,β-unsaturated/α-hetero) is 1. The number of carbonyl (C=O) groups is 3. The number of likely N-dealkylation sites (N-methyl/N-ethyl adjacent to an activating group) is 1. The molecule has 0 radical (unpaired) electrons. The van der Waals surface area contributed by atoms with Crippen LogP contribution in [0.15, 0.2) is 0 Å². The Balaban J connectivity index is 4.49. The van der Waals surface area contributed by atoms with Crippen LogP contribution >= 0.6 is 0 Å². The Morgan fingerprint density at radius 1 is 1.29 bits per heavy atom. The summed E-state index contributed by atoms with van der Waals surface area (Å²) in [5.41, 5.74) is -0.652. The molecule has 0 bridgehead atoms. The highest BCUT2D eigenvalue weighted by atomic mass is 16.6. The second-order valence-electron chi connectivity index (χ2n) is 4.80. The van der Waals surface area contributed by atoms with Gasteiger partial charge in [0.2, 0.25) is 0 Å². The van der Waals surface area contributed by atoms with Gasteiger partial charge in [0.25, 0.3) is 0 Å². The number of carboxylic acid groups (broad SMARTS) is 1. The number of hydrogen-bond acceptors (Lipinski definition) is 4. The molecule has 0 aromatic rings. The molecule has 0 unspecified atom stereocenters. The first-order chi connectivity index (χ1) is 7.54. The number of nitrogens with zero attached hydrogens (tertiary/aromatic N) is 1. The number of rotatable bonds is 4. The molecule has 0 saturated carbocycles. The van der Waals surface area contributed by atoms with Gasteiger partial charge < -0.3 is 14.7 Å². The average molecular weight is 245 g/mol. The summed E-state index contributed by atoms with van der Waals surface area (Å²) in [5.74, 6) is -1.75. The van der Waals surface area contributed by atoms with Crippen molar-refractivity contribution >= 4 is 17.8 Å². The molecule has 0 aromatic heterocycles. The average Bonchev–Trinajstić information content (AvgIpc) is 2.11. The van der Waals surface area contributed by atoms with Crippen LogP contribution in [-0.4, -0.2) is 46.5 Å². The Bertz CT molecular complexity index is 318. The van der Waals surface area contributed by atoms with Crippen molar-refractivity contribution in [1.82, 2.24) is 4.90 Å². The van der Waals surface area contributed by atoms with Gasteiger partial charge in [-0.25, -0.2) is 4.79 Å². The lowest BCUT2D eigenvalue weighted by molar-refractivity contribution is -0.141. The first kappa shape index (κ1) is 15.4. The molecule has 0 aliphatic rings. The highest BCUT2D eigenvalue weighted by Gasteiger charge is 2.27. The molecule has 0 aromatic carbocycles. The normalized spacial score (nSPS) is 12.8. The molecule has 1 atom stereocenters. The lowest BCUT2D eigenvalue weighted by Gasteiger charge is -2.27. The van der Waals surface area contributed by atoms with Crippen LogP contribution in [-0.2, 0) is 14.3 Å². The lowest BCUT2D eigenvalue weighted by Crippen LogP contribution is -2.43. The summed E-state index contributed by atoms with van der Waals surface area (Å²) in [7, 11) is 1.40. The second kappa shape index (κ2) is 5.65. The molecule has 0 spiro atoms. The van der Waals surface area contributed by atoms with Crippen molar-refractivity contribution in [3.8, 4) is 0 Å². The fraction of sp³-hybridized carbons (Fsp3) is 0.727. The van der Waals surface area contributed by atoms with Gasteiger partial charge in [-0.1, -0.05) is 0 Å². The Morgan fingerprint density at radius 3 is 2.12 bits per heavy atom. The van der Waals surface area contributed by atoms with E-state index in [1.165, 1.54) is 14.0 Å². The fourth-order valence-corrected chi connectivity index (χ4v) is 1.00. The number of aliphatic carboxylic acids is 1. The van der Waals surface area contributed by atoms with E-state index < -0.39 is 35.9 Å². The van der Waals surface area contributed by atoms with Crippen LogP contribution in [0.2, 0.25) is 0 Å². The molecular formula is C11H19NO5. The fourth-order valence-electron chi connectivity index (χ4n) is 1.00. The molecule has 0 aliphatic heterocycles. The van der Waals surface area contributed by atoms with E-state index in [4.69, 9.17) is 9.84 Å². The number of amides is 1. The molecule has 0 aliphatic carbocycles. The van der Waals surface area contributed by atoms with Crippen molar-refractivity contribution in [2.24, 2.45) is 0 Å². The van der Waals surface area contributed by atoms with Gasteiger partial charge in [-0.05, 0) is 27.7 Å². The molecule has 0 fully saturated rings. The predicted molar refractivity (Wildman–Crippen MR) is 60.7 cm³/mol. The minimum atomic E-state index is -1.21. The Labute approximate surface area is 101 Å². The highest BCUT2D eigenvalue weighted by Crippen LogP contribution is 2.11. The van der Waals surface area contributed by atoms with Gasteiger partial charge in [0.1, 0.15) is 12.0 Å². The monoisotopic (exact) mass is 245 g/mol. The van der Waals surface area contributed by atoms with Crippen molar-refractivity contribution in [2.45, 2.75) is 45.8 Å². The summed E-state index contributed by atoms with van der Waals surface area (Å²) in [4.78, 5) is 34.5. The van der Waals surface area contributed by atoms with Crippen LogP contribution in [0.1, 0.15) is 34.1 Å². The number of carbonyl (C=O) groups excluding carboxylic acids is 2. The molecule has 1 amide bonds. The molecule has 0 heterocycles. The molecule has 0 rings (SSSR count). The number of hydrogen-bond donors (Lipinski definition) is 1. The zero-order valence-electron chi connectivity index (χ0n) is 10.8. The highest BCUT2D eigenvalue weighted by molar-refractivity contribution is 5.98. The first-order valence-electron chi connectivity index (χ1n) is 5.25. The maximum Gasteiger partial charge on any atom is 0.410 e. The zero-order chi connectivity index (χ0) is 13.8. The topological polar surface area (TPSA) is 83.9 Å². The molecule has 1 N–H and O–H groups in total. The minimum Gasteiger partial charge on any atom is -0.481 e. The molecule has 0 saturated heterocycles. The third-order valence-electron chi connectivity index (χ3n) is 2.05. The van der Waals surface area contributed by atoms with E-state index in [0.717, 1.165) is 4.90 Å². The van der Waals surface area contributed by atoms with E-state index in [1.807, 2.05) is 0 Å². The van der Waals surface area contributed by atoms with E-state index in [2.05, 4.69) is 0 Å². The van der Waals surface area contributed by atoms with Crippen LogP contribution in [0.25, 0.3) is 0 Å². The van der Waals surface area contributed by atoms with Crippen LogP contribution < -0.4 is 0 Å². The van der Waals surface area contributed by atoms with E-state index >= 15 is 0 Å². The van der Waals surface area contributed by atoms with Gasteiger partial charge >= 0.3 is 12.1 Å². The van der Waals surface area contributed by atoms with Crippen LogP contribution in [0, 0.1) is 0 Å². The summed E-state index contributed by atoms with van der Waals surface area (Å²) < 4.78 is 5.06. The zero-order valence-corrected chi connectivity index (χ0v) is 10.8. The van der Waals surface area contributed by atoms with Crippen molar-refractivity contribution in [3.63, 3.8) is 0 Å². The largest absolute Gasteiger partial charge is 0.481 e. The van der Waals surface area contributed by atoms with Crippen molar-refractivity contribution in [2.75, 3.05) is 7.05 Å². The van der Waals surface area contributed by atoms with Crippen LogP contribution in [0.3, 0.4) is 0 Å². The van der Waals surface area contributed by atoms with Gasteiger partial charge in [0, 0.05) is 7.05 Å². The van der Waals surface area contributed by atoms with Gasteiger partial charge in [0.05, 0.1) is 6.04 Å². The van der Waals surface area contributed by atoms with Crippen molar-refractivity contribution in [1.29, 1.82) is 0 Å². The SMILES string of the molecule is C[C@@H](C(=O)CC(=O)O)N(C)C(=O)OC(C)(C)C. The summed E-state index contributed by atoms with van der Waals surface area (Å²) >= 11 is 0. The van der Waals surface area contributed by atoms with Gasteiger partial charge in [0.15, 0.2) is 5.78 Å². The van der Waals surface area contributed by atoms with Crippen LogP contribution in [0.4, 0.5) is 4.79 Å². The van der Waals surface area contributed by atoms with Gasteiger partial charge in [-0.3, -0.25) is 9.59 Å². The van der Waals surface area contributed by atoms with E-state index in [1.54, 1.807) is 20.8 Å². The van der Waals surface area contributed by atoms with E-state index in [-0.39, 0.29) is 0 Å². The number of ether oxygens (including phenoxy) is 1. The third kappa shape index (κ3) is 5.89. The Morgan fingerprint density at radius 2 is 1.76 bits per heavy atom. The smallest absolute Gasteiger partial charge is 0.410 e. The predicted octanol–water partition coefficient (Wildman–Crippen LogP) is 1.29. The Kier molecular flexibility index (Phi) is 5.12. The Hall–Kier alpha value is -1.59. The molecule has 17 heavy (non-hydrogen) atoms. The summed E-state index contributed by atoms with van der Waals surface area (Å²) in [6.45, 7) is 6.60.